The monoisotopic (exact) mass is 265 g/mol. The molecule has 1 aromatic carbocycles. The minimum atomic E-state index is -0.380. The molecule has 2 atom stereocenters. The molecule has 0 spiro atoms. The van der Waals surface area contributed by atoms with E-state index in [1.807, 2.05) is 6.07 Å². The number of anilines is 1. The fraction of sp³-hybridized carbons (Fsp3) is 0.625. The van der Waals surface area contributed by atoms with Crippen molar-refractivity contribution < 1.29 is 9.50 Å². The normalized spacial score (nSPS) is 27.5. The molecule has 0 heterocycles. The molecule has 2 N–H and O–H groups in total. The van der Waals surface area contributed by atoms with E-state index >= 15 is 0 Å². The summed E-state index contributed by atoms with van der Waals surface area (Å²) in [6.45, 7) is 4.43. The van der Waals surface area contributed by atoms with Crippen LogP contribution in [0.15, 0.2) is 24.3 Å². The van der Waals surface area contributed by atoms with E-state index < -0.39 is 0 Å². The molecule has 3 heteroatoms. The van der Waals surface area contributed by atoms with Crippen molar-refractivity contribution in [2.24, 2.45) is 11.8 Å². The Hall–Kier alpha value is -1.09. The topological polar surface area (TPSA) is 32.3 Å². The Kier molecular flexibility index (Phi) is 4.46. The first-order valence-corrected chi connectivity index (χ1v) is 7.22. The molecule has 2 rings (SSSR count). The van der Waals surface area contributed by atoms with E-state index in [4.69, 9.17) is 0 Å². The van der Waals surface area contributed by atoms with Crippen molar-refractivity contribution in [1.29, 1.82) is 0 Å². The van der Waals surface area contributed by atoms with Crippen molar-refractivity contribution in [3.63, 3.8) is 0 Å². The van der Waals surface area contributed by atoms with E-state index in [0.29, 0.717) is 17.5 Å². The molecule has 1 saturated carbocycles. The molecule has 0 amide bonds. The smallest absolute Gasteiger partial charge is 0.146 e. The number of halogens is 1. The summed E-state index contributed by atoms with van der Waals surface area (Å²) in [5.41, 5.74) is 0.123. The van der Waals surface area contributed by atoms with Crippen LogP contribution >= 0.6 is 0 Å². The van der Waals surface area contributed by atoms with E-state index in [0.717, 1.165) is 19.3 Å². The van der Waals surface area contributed by atoms with Crippen LogP contribution in [0.2, 0.25) is 0 Å². The van der Waals surface area contributed by atoms with Gasteiger partial charge in [0.25, 0.3) is 0 Å². The predicted octanol–water partition coefficient (Wildman–Crippen LogP) is 3.81. The molecule has 0 aromatic heterocycles. The van der Waals surface area contributed by atoms with Crippen LogP contribution in [-0.2, 0) is 0 Å². The molecule has 2 unspecified atom stereocenters. The van der Waals surface area contributed by atoms with Crippen molar-refractivity contribution in [3.8, 4) is 0 Å². The average molecular weight is 265 g/mol. The molecule has 0 aliphatic heterocycles. The van der Waals surface area contributed by atoms with Crippen molar-refractivity contribution in [2.75, 3.05) is 11.9 Å². The largest absolute Gasteiger partial charge is 0.394 e. The number of benzene rings is 1. The second-order valence-corrected chi connectivity index (χ2v) is 6.02. The Morgan fingerprint density at radius 3 is 2.74 bits per heavy atom. The van der Waals surface area contributed by atoms with Crippen LogP contribution in [0.1, 0.15) is 39.5 Å². The standard InChI is InChI=1S/C16H24FNO/c1-12(2)13-7-5-6-10-16(13,11-19)18-15-9-4-3-8-14(15)17/h3-4,8-9,12-13,18-19H,5-7,10-11H2,1-2H3. The third-order valence-corrected chi connectivity index (χ3v) is 4.44. The van der Waals surface area contributed by atoms with Crippen LogP contribution < -0.4 is 5.32 Å². The maximum absolute atomic E-state index is 13.8. The Morgan fingerprint density at radius 1 is 1.37 bits per heavy atom. The number of nitrogens with one attached hydrogen (secondary N) is 1. The molecule has 0 radical (unpaired) electrons. The van der Waals surface area contributed by atoms with E-state index in [-0.39, 0.29) is 18.0 Å². The SMILES string of the molecule is CC(C)C1CCCCC1(CO)Nc1ccccc1F. The first-order chi connectivity index (χ1) is 9.09. The number of hydrogen-bond acceptors (Lipinski definition) is 2. The lowest BCUT2D eigenvalue weighted by Gasteiger charge is -2.46. The summed E-state index contributed by atoms with van der Waals surface area (Å²) in [4.78, 5) is 0. The summed E-state index contributed by atoms with van der Waals surface area (Å²) < 4.78 is 13.8. The number of rotatable bonds is 4. The second kappa shape index (κ2) is 5.91. The van der Waals surface area contributed by atoms with Gasteiger partial charge in [0, 0.05) is 0 Å². The molecule has 2 nitrogen and oxygen atoms in total. The van der Waals surface area contributed by atoms with Gasteiger partial charge >= 0.3 is 0 Å². The number of aliphatic hydroxyl groups is 1. The summed E-state index contributed by atoms with van der Waals surface area (Å²) >= 11 is 0. The molecule has 106 valence electrons. The van der Waals surface area contributed by atoms with Crippen molar-refractivity contribution >= 4 is 5.69 Å². The van der Waals surface area contributed by atoms with Crippen LogP contribution in [0.4, 0.5) is 10.1 Å². The summed E-state index contributed by atoms with van der Waals surface area (Å²) in [6, 6.07) is 6.72. The molecule has 1 aliphatic carbocycles. The van der Waals surface area contributed by atoms with Gasteiger partial charge in [0.15, 0.2) is 0 Å². The molecule has 1 aliphatic rings. The highest BCUT2D eigenvalue weighted by molar-refractivity contribution is 5.47. The van der Waals surface area contributed by atoms with E-state index in [9.17, 15) is 9.50 Å². The summed E-state index contributed by atoms with van der Waals surface area (Å²) in [5, 5.41) is 13.2. The number of aliphatic hydroxyl groups excluding tert-OH is 1. The fourth-order valence-electron chi connectivity index (χ4n) is 3.46. The van der Waals surface area contributed by atoms with E-state index in [2.05, 4.69) is 19.2 Å². The molecular weight excluding hydrogens is 241 g/mol. The Balaban J connectivity index is 2.28. The Labute approximate surface area is 115 Å². The molecule has 0 bridgehead atoms. The minimum absolute atomic E-state index is 0.0597. The molecule has 1 fully saturated rings. The lowest BCUT2D eigenvalue weighted by molar-refractivity contribution is 0.0895. The van der Waals surface area contributed by atoms with E-state index in [1.165, 1.54) is 12.5 Å². The van der Waals surface area contributed by atoms with Gasteiger partial charge in [-0.1, -0.05) is 38.8 Å². The maximum atomic E-state index is 13.8. The number of para-hydroxylation sites is 1. The minimum Gasteiger partial charge on any atom is -0.394 e. The maximum Gasteiger partial charge on any atom is 0.146 e. The van der Waals surface area contributed by atoms with Gasteiger partial charge in [0.2, 0.25) is 0 Å². The Morgan fingerprint density at radius 2 is 2.11 bits per heavy atom. The molecule has 0 saturated heterocycles. The van der Waals surface area contributed by atoms with Gasteiger partial charge in [0.05, 0.1) is 17.8 Å². The van der Waals surface area contributed by atoms with E-state index in [1.54, 1.807) is 12.1 Å². The molecule has 1 aromatic rings. The zero-order valence-corrected chi connectivity index (χ0v) is 11.8. The van der Waals surface area contributed by atoms with Gasteiger partial charge in [0.1, 0.15) is 5.82 Å². The third kappa shape index (κ3) is 2.92. The lowest BCUT2D eigenvalue weighted by Crippen LogP contribution is -2.52. The summed E-state index contributed by atoms with van der Waals surface area (Å²) in [7, 11) is 0. The van der Waals surface area contributed by atoms with Crippen LogP contribution in [0, 0.1) is 17.7 Å². The molecular formula is C16H24FNO. The van der Waals surface area contributed by atoms with Gasteiger partial charge < -0.3 is 10.4 Å². The van der Waals surface area contributed by atoms with Gasteiger partial charge in [-0.25, -0.2) is 4.39 Å². The quantitative estimate of drug-likeness (QED) is 0.867. The van der Waals surface area contributed by atoms with Crippen molar-refractivity contribution in [1.82, 2.24) is 0 Å². The van der Waals surface area contributed by atoms with Gasteiger partial charge in [-0.05, 0) is 36.8 Å². The first-order valence-electron chi connectivity index (χ1n) is 7.22. The second-order valence-electron chi connectivity index (χ2n) is 6.02. The Bertz CT molecular complexity index is 421. The highest BCUT2D eigenvalue weighted by Gasteiger charge is 2.42. The van der Waals surface area contributed by atoms with Gasteiger partial charge in [-0.2, -0.15) is 0 Å². The lowest BCUT2D eigenvalue weighted by atomic mass is 9.68. The van der Waals surface area contributed by atoms with Gasteiger partial charge in [-0.3, -0.25) is 0 Å². The van der Waals surface area contributed by atoms with Gasteiger partial charge in [-0.15, -0.1) is 0 Å². The highest BCUT2D eigenvalue weighted by atomic mass is 19.1. The first kappa shape index (κ1) is 14.3. The predicted molar refractivity (Wildman–Crippen MR) is 76.6 cm³/mol. The fourth-order valence-corrected chi connectivity index (χ4v) is 3.46. The van der Waals surface area contributed by atoms with Crippen LogP contribution in [-0.4, -0.2) is 17.3 Å². The summed E-state index contributed by atoms with van der Waals surface area (Å²) in [5.74, 6) is 0.612. The van der Waals surface area contributed by atoms with Crippen LogP contribution in [0.3, 0.4) is 0 Å². The zero-order chi connectivity index (χ0) is 13.9. The summed E-state index contributed by atoms with van der Waals surface area (Å²) in [6.07, 6.45) is 4.29. The molecule has 19 heavy (non-hydrogen) atoms. The zero-order valence-electron chi connectivity index (χ0n) is 11.8. The average Bonchev–Trinajstić information content (AvgIpc) is 2.41. The number of hydrogen-bond donors (Lipinski definition) is 2. The van der Waals surface area contributed by atoms with Crippen molar-refractivity contribution in [3.05, 3.63) is 30.1 Å². The van der Waals surface area contributed by atoms with Crippen LogP contribution in [0.5, 0.6) is 0 Å². The third-order valence-electron chi connectivity index (χ3n) is 4.44. The highest BCUT2D eigenvalue weighted by Crippen LogP contribution is 2.40. The van der Waals surface area contributed by atoms with Crippen molar-refractivity contribution in [2.45, 2.75) is 45.1 Å². The van der Waals surface area contributed by atoms with Crippen LogP contribution in [0.25, 0.3) is 0 Å².